The molecule has 0 N–H and O–H groups in total. The Morgan fingerprint density at radius 1 is 1.00 bits per heavy atom. The zero-order valence-corrected chi connectivity index (χ0v) is 5.58. The Bertz CT molecular complexity index is 128. The van der Waals surface area contributed by atoms with E-state index in [0.717, 1.165) is 0 Å². The Morgan fingerprint density at radius 3 is 1.50 bits per heavy atom. The molecule has 0 spiro atoms. The van der Waals surface area contributed by atoms with Crippen LogP contribution in [-0.2, 0) is 0 Å². The molecular formula is C5H5F7. The summed E-state index contributed by atoms with van der Waals surface area (Å²) in [6, 6.07) is 0. The maximum atomic E-state index is 12.0. The molecule has 0 fully saturated rings. The van der Waals surface area contributed by atoms with Crippen molar-refractivity contribution in [2.24, 2.45) is 5.92 Å². The summed E-state index contributed by atoms with van der Waals surface area (Å²) >= 11 is 0. The Balaban J connectivity index is 4.44. The lowest BCUT2D eigenvalue weighted by Crippen LogP contribution is -2.38. The van der Waals surface area contributed by atoms with E-state index in [2.05, 4.69) is 0 Å². The van der Waals surface area contributed by atoms with E-state index >= 15 is 0 Å². The van der Waals surface area contributed by atoms with E-state index in [4.69, 9.17) is 0 Å². The first-order chi connectivity index (χ1) is 5.30. The van der Waals surface area contributed by atoms with Gasteiger partial charge in [0.2, 0.25) is 0 Å². The van der Waals surface area contributed by atoms with Gasteiger partial charge in [-0.2, -0.15) is 13.2 Å². The molecule has 74 valence electrons. The summed E-state index contributed by atoms with van der Waals surface area (Å²) in [6.45, 7) is -2.06. The molecule has 0 saturated heterocycles. The summed E-state index contributed by atoms with van der Waals surface area (Å²) < 4.78 is 80.9. The molecule has 0 heterocycles. The lowest BCUT2D eigenvalue weighted by atomic mass is 10.1. The van der Waals surface area contributed by atoms with Crippen LogP contribution in [-0.4, -0.2) is 25.4 Å². The fraction of sp³-hybridized carbons (Fsp3) is 1.00. The average Bonchev–Trinajstić information content (AvgIpc) is 1.83. The van der Waals surface area contributed by atoms with Crippen LogP contribution in [0, 0.1) is 5.92 Å². The van der Waals surface area contributed by atoms with Crippen molar-refractivity contribution in [1.29, 1.82) is 0 Å². The highest BCUT2D eigenvalue weighted by Gasteiger charge is 2.51. The first-order valence-corrected chi connectivity index (χ1v) is 2.85. The molecule has 0 radical (unpaired) electrons. The van der Waals surface area contributed by atoms with Gasteiger partial charge in [-0.05, 0) is 0 Å². The molecule has 0 aliphatic heterocycles. The van der Waals surface area contributed by atoms with Gasteiger partial charge in [0.15, 0.2) is 0 Å². The van der Waals surface area contributed by atoms with Crippen LogP contribution in [0.2, 0.25) is 0 Å². The maximum Gasteiger partial charge on any atom is 0.400 e. The van der Waals surface area contributed by atoms with Crippen LogP contribution in [0.3, 0.4) is 0 Å². The van der Waals surface area contributed by atoms with Gasteiger partial charge in [-0.1, -0.05) is 0 Å². The van der Waals surface area contributed by atoms with Crippen LogP contribution in [0.1, 0.15) is 0 Å². The molecule has 0 bridgehead atoms. The minimum atomic E-state index is -5.40. The summed E-state index contributed by atoms with van der Waals surface area (Å²) in [5, 5.41) is 0. The van der Waals surface area contributed by atoms with Gasteiger partial charge in [0.1, 0.15) is 18.8 Å². The van der Waals surface area contributed by atoms with Gasteiger partial charge < -0.3 is 0 Å². The predicted molar refractivity (Wildman–Crippen MR) is 26.4 cm³/mol. The SMILES string of the molecule is FCC(F)C(C(F)F)C(F)(F)F. The molecule has 0 aromatic rings. The Morgan fingerprint density at radius 2 is 1.42 bits per heavy atom. The lowest BCUT2D eigenvalue weighted by Gasteiger charge is -2.20. The van der Waals surface area contributed by atoms with E-state index in [0.29, 0.717) is 0 Å². The number of hydrogen-bond acceptors (Lipinski definition) is 0. The number of hydrogen-bond donors (Lipinski definition) is 0. The standard InChI is InChI=1S/C5H5F7/c6-1-2(7)3(4(8)9)5(10,11)12/h2-4H,1H2. The van der Waals surface area contributed by atoms with E-state index in [1.54, 1.807) is 0 Å². The Kier molecular flexibility index (Phi) is 3.79. The second kappa shape index (κ2) is 3.95. The van der Waals surface area contributed by atoms with Gasteiger partial charge in [-0.3, -0.25) is 0 Å². The highest BCUT2D eigenvalue weighted by atomic mass is 19.4. The third-order valence-corrected chi connectivity index (χ3v) is 1.19. The monoisotopic (exact) mass is 198 g/mol. The molecule has 2 unspecified atom stereocenters. The van der Waals surface area contributed by atoms with E-state index in [-0.39, 0.29) is 0 Å². The largest absolute Gasteiger partial charge is 0.400 e. The van der Waals surface area contributed by atoms with Gasteiger partial charge in [0.25, 0.3) is 6.43 Å². The van der Waals surface area contributed by atoms with Crippen molar-refractivity contribution in [3.05, 3.63) is 0 Å². The smallest absolute Gasteiger partial charge is 0.248 e. The lowest BCUT2D eigenvalue weighted by molar-refractivity contribution is -0.225. The summed E-state index contributed by atoms with van der Waals surface area (Å²) in [6.07, 6.45) is -12.5. The van der Waals surface area contributed by atoms with Gasteiger partial charge in [0.05, 0.1) is 0 Å². The third-order valence-electron chi connectivity index (χ3n) is 1.19. The molecule has 0 aromatic carbocycles. The molecule has 0 aromatic heterocycles. The van der Waals surface area contributed by atoms with Crippen LogP contribution in [0.25, 0.3) is 0 Å². The second-order valence-electron chi connectivity index (χ2n) is 2.07. The van der Waals surface area contributed by atoms with E-state index in [1.165, 1.54) is 0 Å². The number of rotatable bonds is 3. The van der Waals surface area contributed by atoms with Crippen LogP contribution >= 0.6 is 0 Å². The second-order valence-corrected chi connectivity index (χ2v) is 2.07. The normalized spacial score (nSPS) is 18.0. The highest BCUT2D eigenvalue weighted by molar-refractivity contribution is 4.77. The van der Waals surface area contributed by atoms with Gasteiger partial charge in [0, 0.05) is 0 Å². The molecule has 0 nitrogen and oxygen atoms in total. The van der Waals surface area contributed by atoms with Crippen LogP contribution in [0.5, 0.6) is 0 Å². The molecule has 0 aliphatic rings. The molecule has 7 heteroatoms. The summed E-state index contributed by atoms with van der Waals surface area (Å²) in [7, 11) is 0. The fourth-order valence-corrected chi connectivity index (χ4v) is 0.602. The molecule has 0 aliphatic carbocycles. The first kappa shape index (κ1) is 11.5. The molecule has 0 saturated carbocycles. The summed E-state index contributed by atoms with van der Waals surface area (Å²) in [5.41, 5.74) is 0. The van der Waals surface area contributed by atoms with Crippen LogP contribution in [0.15, 0.2) is 0 Å². The van der Waals surface area contributed by atoms with Crippen molar-refractivity contribution in [1.82, 2.24) is 0 Å². The van der Waals surface area contributed by atoms with E-state index in [9.17, 15) is 30.7 Å². The quantitative estimate of drug-likeness (QED) is 0.611. The van der Waals surface area contributed by atoms with Crippen molar-refractivity contribution in [3.8, 4) is 0 Å². The number of halogens is 7. The van der Waals surface area contributed by atoms with E-state index in [1.807, 2.05) is 0 Å². The van der Waals surface area contributed by atoms with Crippen molar-refractivity contribution < 1.29 is 30.7 Å². The van der Waals surface area contributed by atoms with Crippen molar-refractivity contribution >= 4 is 0 Å². The van der Waals surface area contributed by atoms with Gasteiger partial charge >= 0.3 is 6.18 Å². The zero-order chi connectivity index (χ0) is 9.94. The fourth-order valence-electron chi connectivity index (χ4n) is 0.602. The van der Waals surface area contributed by atoms with Gasteiger partial charge in [-0.25, -0.2) is 17.6 Å². The van der Waals surface area contributed by atoms with Crippen LogP contribution < -0.4 is 0 Å². The topological polar surface area (TPSA) is 0 Å². The first-order valence-electron chi connectivity index (χ1n) is 2.85. The molecular weight excluding hydrogens is 193 g/mol. The average molecular weight is 198 g/mol. The Labute approximate surface area is 63.4 Å². The van der Waals surface area contributed by atoms with E-state index < -0.39 is 31.4 Å². The summed E-state index contributed by atoms with van der Waals surface area (Å²) in [5.74, 6) is -3.53. The zero-order valence-electron chi connectivity index (χ0n) is 5.58. The minimum absolute atomic E-state index is 2.06. The molecule has 0 amide bonds. The Hall–Kier alpha value is -0.490. The summed E-state index contributed by atoms with van der Waals surface area (Å²) in [4.78, 5) is 0. The predicted octanol–water partition coefficient (Wildman–Crippen LogP) is 2.74. The van der Waals surface area contributed by atoms with Gasteiger partial charge in [-0.15, -0.1) is 0 Å². The number of alkyl halides is 7. The van der Waals surface area contributed by atoms with Crippen molar-refractivity contribution in [2.75, 3.05) is 6.67 Å². The molecule has 12 heavy (non-hydrogen) atoms. The van der Waals surface area contributed by atoms with Crippen molar-refractivity contribution in [2.45, 2.75) is 18.8 Å². The minimum Gasteiger partial charge on any atom is -0.248 e. The third kappa shape index (κ3) is 2.86. The molecule has 0 rings (SSSR count). The van der Waals surface area contributed by atoms with Crippen molar-refractivity contribution in [3.63, 3.8) is 0 Å². The maximum absolute atomic E-state index is 12.0. The van der Waals surface area contributed by atoms with Crippen LogP contribution in [0.4, 0.5) is 30.7 Å². The highest BCUT2D eigenvalue weighted by Crippen LogP contribution is 2.35. The molecule has 2 atom stereocenters.